The van der Waals surface area contributed by atoms with Gasteiger partial charge in [0.05, 0.1) is 6.42 Å². The third-order valence-electron chi connectivity index (χ3n) is 3.53. The molecule has 0 aromatic heterocycles. The molecule has 2 rings (SSSR count). The Hall–Kier alpha value is -1.51. The van der Waals surface area contributed by atoms with E-state index in [2.05, 4.69) is 0 Å². The second-order valence-corrected chi connectivity index (χ2v) is 5.04. The molecule has 0 radical (unpaired) electrons. The molecule has 1 saturated carbocycles. The van der Waals surface area contributed by atoms with Crippen molar-refractivity contribution in [3.63, 3.8) is 0 Å². The topological polar surface area (TPSA) is 57.5 Å². The number of carbonyl (C=O) groups is 1. The largest absolute Gasteiger partial charge is 0.508 e. The number of aromatic hydroxyl groups is 1. The number of rotatable bonds is 4. The monoisotopic (exact) mass is 234 g/mol. The van der Waals surface area contributed by atoms with Crippen molar-refractivity contribution < 1.29 is 15.0 Å². The fraction of sp³-hybridized carbons (Fsp3) is 0.500. The molecule has 0 aliphatic heterocycles. The normalized spacial score (nSPS) is 16.8. The minimum absolute atomic E-state index is 0.105. The van der Waals surface area contributed by atoms with Crippen LogP contribution in [0.2, 0.25) is 0 Å². The second kappa shape index (κ2) is 4.40. The number of phenols is 1. The molecule has 1 aromatic rings. The molecule has 1 atom stereocenters. The first kappa shape index (κ1) is 12.0. The average molecular weight is 234 g/mol. The number of aryl methyl sites for hydroxylation is 2. The smallest absolute Gasteiger partial charge is 0.303 e. The highest BCUT2D eigenvalue weighted by Crippen LogP contribution is 2.46. The van der Waals surface area contributed by atoms with E-state index in [4.69, 9.17) is 5.11 Å². The maximum Gasteiger partial charge on any atom is 0.303 e. The summed E-state index contributed by atoms with van der Waals surface area (Å²) < 4.78 is 0. The number of carboxylic acid groups (broad SMARTS) is 1. The molecule has 1 aromatic carbocycles. The van der Waals surface area contributed by atoms with Crippen LogP contribution in [0.25, 0.3) is 0 Å². The zero-order chi connectivity index (χ0) is 12.6. The van der Waals surface area contributed by atoms with Gasteiger partial charge in [-0.3, -0.25) is 4.79 Å². The Morgan fingerprint density at radius 1 is 1.35 bits per heavy atom. The van der Waals surface area contributed by atoms with Gasteiger partial charge >= 0.3 is 5.97 Å². The Bertz CT molecular complexity index is 424. The van der Waals surface area contributed by atoms with Gasteiger partial charge in [0.15, 0.2) is 0 Å². The summed E-state index contributed by atoms with van der Waals surface area (Å²) in [6.45, 7) is 3.89. The van der Waals surface area contributed by atoms with Crippen LogP contribution in [-0.4, -0.2) is 16.2 Å². The number of hydrogen-bond donors (Lipinski definition) is 2. The first-order valence-corrected chi connectivity index (χ1v) is 6.01. The Balaban J connectivity index is 2.38. The minimum Gasteiger partial charge on any atom is -0.508 e. The van der Waals surface area contributed by atoms with Gasteiger partial charge in [0.1, 0.15) is 5.75 Å². The predicted molar refractivity (Wildman–Crippen MR) is 65.3 cm³/mol. The molecule has 92 valence electrons. The molecule has 0 saturated heterocycles. The van der Waals surface area contributed by atoms with Crippen LogP contribution in [0.4, 0.5) is 0 Å². The predicted octanol–water partition coefficient (Wildman–Crippen LogP) is 2.98. The summed E-state index contributed by atoms with van der Waals surface area (Å²) in [5.74, 6) is 0.128. The summed E-state index contributed by atoms with van der Waals surface area (Å²) in [7, 11) is 0. The quantitative estimate of drug-likeness (QED) is 0.842. The van der Waals surface area contributed by atoms with Crippen LogP contribution in [0.5, 0.6) is 5.75 Å². The molecule has 1 unspecified atom stereocenters. The molecule has 2 N–H and O–H groups in total. The van der Waals surface area contributed by atoms with Crippen molar-refractivity contribution in [3.8, 4) is 5.75 Å². The van der Waals surface area contributed by atoms with Gasteiger partial charge in [-0.1, -0.05) is 0 Å². The lowest BCUT2D eigenvalue weighted by molar-refractivity contribution is -0.137. The minimum atomic E-state index is -0.742. The van der Waals surface area contributed by atoms with E-state index in [1.165, 1.54) is 0 Å². The molecule has 0 heterocycles. The van der Waals surface area contributed by atoms with Crippen LogP contribution in [0.3, 0.4) is 0 Å². The van der Waals surface area contributed by atoms with Crippen LogP contribution in [-0.2, 0) is 4.79 Å². The number of benzene rings is 1. The molecular weight excluding hydrogens is 216 g/mol. The lowest BCUT2D eigenvalue weighted by Crippen LogP contribution is -2.11. The van der Waals surface area contributed by atoms with E-state index in [0.29, 0.717) is 5.92 Å². The fourth-order valence-corrected chi connectivity index (χ4v) is 2.73. The van der Waals surface area contributed by atoms with Crippen molar-refractivity contribution >= 4 is 5.97 Å². The molecule has 17 heavy (non-hydrogen) atoms. The maximum absolute atomic E-state index is 11.0. The van der Waals surface area contributed by atoms with Gasteiger partial charge in [-0.05, 0) is 67.3 Å². The lowest BCUT2D eigenvalue weighted by atomic mass is 9.85. The molecule has 3 heteroatoms. The fourth-order valence-electron chi connectivity index (χ4n) is 2.73. The van der Waals surface area contributed by atoms with Crippen LogP contribution in [0, 0.1) is 19.8 Å². The molecule has 0 bridgehead atoms. The molecule has 1 fully saturated rings. The maximum atomic E-state index is 11.0. The number of carboxylic acids is 1. The highest BCUT2D eigenvalue weighted by molar-refractivity contribution is 5.68. The summed E-state index contributed by atoms with van der Waals surface area (Å²) in [4.78, 5) is 11.0. The van der Waals surface area contributed by atoms with Gasteiger partial charge in [-0.15, -0.1) is 0 Å². The van der Waals surface area contributed by atoms with Gasteiger partial charge in [-0.25, -0.2) is 0 Å². The molecular formula is C14H18O3. The first-order valence-electron chi connectivity index (χ1n) is 6.01. The van der Waals surface area contributed by atoms with Crippen LogP contribution >= 0.6 is 0 Å². The van der Waals surface area contributed by atoms with Gasteiger partial charge in [0.25, 0.3) is 0 Å². The van der Waals surface area contributed by atoms with E-state index in [-0.39, 0.29) is 18.1 Å². The summed E-state index contributed by atoms with van der Waals surface area (Å²) in [6, 6.07) is 3.44. The zero-order valence-corrected chi connectivity index (χ0v) is 10.2. The summed E-state index contributed by atoms with van der Waals surface area (Å²) in [6.07, 6.45) is 2.44. The van der Waals surface area contributed by atoms with Gasteiger partial charge in [-0.2, -0.15) is 0 Å². The molecule has 0 spiro atoms. The Morgan fingerprint density at radius 2 is 1.88 bits per heavy atom. The van der Waals surface area contributed by atoms with Gasteiger partial charge in [0.2, 0.25) is 0 Å². The Kier molecular flexibility index (Phi) is 3.09. The summed E-state index contributed by atoms with van der Waals surface area (Å²) in [5, 5.41) is 18.5. The van der Waals surface area contributed by atoms with Crippen molar-refractivity contribution in [2.75, 3.05) is 0 Å². The Labute approximate surface area is 101 Å². The van der Waals surface area contributed by atoms with E-state index in [1.54, 1.807) is 12.1 Å². The SMILES string of the molecule is Cc1cc(O)cc(C)c1C(CC(=O)O)C1CC1. The van der Waals surface area contributed by atoms with E-state index in [1.807, 2.05) is 13.8 Å². The molecule has 1 aliphatic rings. The van der Waals surface area contributed by atoms with Gasteiger partial charge in [0, 0.05) is 0 Å². The lowest BCUT2D eigenvalue weighted by Gasteiger charge is -2.20. The van der Waals surface area contributed by atoms with Crippen LogP contribution in [0.15, 0.2) is 12.1 Å². The summed E-state index contributed by atoms with van der Waals surface area (Å²) in [5.41, 5.74) is 3.12. The highest BCUT2D eigenvalue weighted by Gasteiger charge is 2.35. The van der Waals surface area contributed by atoms with Crippen LogP contribution < -0.4 is 0 Å². The first-order chi connectivity index (χ1) is 7.99. The van der Waals surface area contributed by atoms with Crippen molar-refractivity contribution in [1.29, 1.82) is 0 Å². The third-order valence-corrected chi connectivity index (χ3v) is 3.53. The van der Waals surface area contributed by atoms with Crippen molar-refractivity contribution in [2.45, 2.75) is 39.0 Å². The number of aliphatic carboxylic acids is 1. The van der Waals surface area contributed by atoms with Crippen molar-refractivity contribution in [2.24, 2.45) is 5.92 Å². The highest BCUT2D eigenvalue weighted by atomic mass is 16.4. The van der Waals surface area contributed by atoms with Crippen molar-refractivity contribution in [1.82, 2.24) is 0 Å². The van der Waals surface area contributed by atoms with E-state index < -0.39 is 5.97 Å². The van der Waals surface area contributed by atoms with Crippen molar-refractivity contribution in [3.05, 3.63) is 28.8 Å². The molecule has 0 amide bonds. The van der Waals surface area contributed by atoms with E-state index in [0.717, 1.165) is 29.5 Å². The van der Waals surface area contributed by atoms with Crippen LogP contribution in [0.1, 0.15) is 41.9 Å². The van der Waals surface area contributed by atoms with Gasteiger partial charge < -0.3 is 10.2 Å². The number of hydrogen-bond acceptors (Lipinski definition) is 2. The second-order valence-electron chi connectivity index (χ2n) is 5.04. The van der Waals surface area contributed by atoms with E-state index >= 15 is 0 Å². The standard InChI is InChI=1S/C14H18O3/c1-8-5-11(15)6-9(2)14(8)12(7-13(16)17)10-3-4-10/h5-6,10,12,15H,3-4,7H2,1-2H3,(H,16,17). The average Bonchev–Trinajstić information content (AvgIpc) is 2.96. The van der Waals surface area contributed by atoms with E-state index in [9.17, 15) is 9.90 Å². The molecule has 3 nitrogen and oxygen atoms in total. The summed E-state index contributed by atoms with van der Waals surface area (Å²) >= 11 is 0. The molecule has 1 aliphatic carbocycles. The Morgan fingerprint density at radius 3 is 2.29 bits per heavy atom. The zero-order valence-electron chi connectivity index (χ0n) is 10.2. The number of phenolic OH excluding ortho intramolecular Hbond substituents is 1. The third kappa shape index (κ3) is 2.60.